The van der Waals surface area contributed by atoms with Crippen LogP contribution >= 0.6 is 0 Å². The summed E-state index contributed by atoms with van der Waals surface area (Å²) in [5.41, 5.74) is 2.31. The van der Waals surface area contributed by atoms with E-state index < -0.39 is 0 Å². The van der Waals surface area contributed by atoms with Crippen molar-refractivity contribution in [3.63, 3.8) is 0 Å². The fraction of sp³-hybridized carbons (Fsp3) is 0. The highest BCUT2D eigenvalue weighted by Gasteiger charge is 2.09. The zero-order chi connectivity index (χ0) is 11.8. The van der Waals surface area contributed by atoms with Crippen LogP contribution in [0.2, 0.25) is 0 Å². The molecule has 0 aliphatic carbocycles. The summed E-state index contributed by atoms with van der Waals surface area (Å²) < 4.78 is 26.5. The Morgan fingerprint density at radius 1 is 0.882 bits per heavy atom. The molecule has 0 aliphatic rings. The van der Waals surface area contributed by atoms with Crippen LogP contribution in [0.25, 0.3) is 22.0 Å². The van der Waals surface area contributed by atoms with Gasteiger partial charge in [0.2, 0.25) is 0 Å². The van der Waals surface area contributed by atoms with Gasteiger partial charge in [-0.05, 0) is 29.3 Å². The topological polar surface area (TPSA) is 15.8 Å². The first-order valence-electron chi connectivity index (χ1n) is 5.27. The second-order valence-electron chi connectivity index (χ2n) is 3.87. The van der Waals surface area contributed by atoms with Crippen molar-refractivity contribution in [2.24, 2.45) is 0 Å². The van der Waals surface area contributed by atoms with Gasteiger partial charge in [-0.1, -0.05) is 24.3 Å². The molecular weight excluding hydrogens is 220 g/mol. The third-order valence-electron chi connectivity index (χ3n) is 2.81. The Kier molecular flexibility index (Phi) is 2.18. The average molecular weight is 229 g/mol. The van der Waals surface area contributed by atoms with E-state index in [0.29, 0.717) is 5.39 Å². The van der Waals surface area contributed by atoms with Crippen molar-refractivity contribution in [1.82, 2.24) is 4.98 Å². The third kappa shape index (κ3) is 1.60. The highest BCUT2D eigenvalue weighted by Crippen LogP contribution is 2.30. The number of H-pyrrole nitrogens is 1. The predicted octanol–water partition coefficient (Wildman–Crippen LogP) is 4.11. The van der Waals surface area contributed by atoms with E-state index >= 15 is 0 Å². The minimum absolute atomic E-state index is 0.292. The van der Waals surface area contributed by atoms with E-state index in [-0.39, 0.29) is 11.6 Å². The lowest BCUT2D eigenvalue weighted by atomic mass is 10.0. The normalized spacial score (nSPS) is 10.9. The van der Waals surface area contributed by atoms with Gasteiger partial charge in [0, 0.05) is 17.1 Å². The molecule has 0 bridgehead atoms. The van der Waals surface area contributed by atoms with E-state index in [2.05, 4.69) is 4.98 Å². The molecule has 0 fully saturated rings. The maximum absolute atomic E-state index is 13.7. The van der Waals surface area contributed by atoms with Crippen LogP contribution in [0.4, 0.5) is 8.78 Å². The van der Waals surface area contributed by atoms with Gasteiger partial charge in [0.25, 0.3) is 0 Å². The first-order chi connectivity index (χ1) is 8.25. The first kappa shape index (κ1) is 10.0. The summed E-state index contributed by atoms with van der Waals surface area (Å²) in [4.78, 5) is 2.86. The smallest absolute Gasteiger partial charge is 0.149 e. The molecule has 17 heavy (non-hydrogen) atoms. The fourth-order valence-corrected chi connectivity index (χ4v) is 2.01. The highest BCUT2D eigenvalue weighted by atomic mass is 19.1. The fourth-order valence-electron chi connectivity index (χ4n) is 2.01. The average Bonchev–Trinajstić information content (AvgIpc) is 2.73. The first-order valence-corrected chi connectivity index (χ1v) is 5.27. The van der Waals surface area contributed by atoms with E-state index in [1.54, 1.807) is 12.1 Å². The minimum Gasteiger partial charge on any atom is -0.359 e. The van der Waals surface area contributed by atoms with Gasteiger partial charge in [-0.15, -0.1) is 0 Å². The van der Waals surface area contributed by atoms with Crippen LogP contribution in [-0.4, -0.2) is 4.98 Å². The molecule has 0 spiro atoms. The summed E-state index contributed by atoms with van der Waals surface area (Å²) in [7, 11) is 0. The quantitative estimate of drug-likeness (QED) is 0.646. The Balaban J connectivity index is 2.29. The van der Waals surface area contributed by atoms with Crippen LogP contribution in [0.5, 0.6) is 0 Å². The Morgan fingerprint density at radius 2 is 1.65 bits per heavy atom. The zero-order valence-electron chi connectivity index (χ0n) is 8.87. The molecule has 1 nitrogen and oxygen atoms in total. The minimum atomic E-state index is -0.296. The molecular formula is C14H9F2N. The molecule has 0 saturated carbocycles. The maximum atomic E-state index is 13.7. The summed E-state index contributed by atoms with van der Waals surface area (Å²) in [5.74, 6) is -0.588. The van der Waals surface area contributed by atoms with Gasteiger partial charge in [0.1, 0.15) is 11.6 Å². The number of hydrogen-bond donors (Lipinski definition) is 1. The molecule has 0 atom stereocenters. The van der Waals surface area contributed by atoms with Gasteiger partial charge in [-0.2, -0.15) is 0 Å². The van der Waals surface area contributed by atoms with Crippen LogP contribution in [0.3, 0.4) is 0 Å². The van der Waals surface area contributed by atoms with E-state index in [1.165, 1.54) is 18.3 Å². The molecule has 3 heteroatoms. The van der Waals surface area contributed by atoms with Crippen molar-refractivity contribution in [3.05, 3.63) is 60.3 Å². The lowest BCUT2D eigenvalue weighted by Gasteiger charge is -2.03. The van der Waals surface area contributed by atoms with Crippen LogP contribution < -0.4 is 0 Å². The molecule has 0 unspecified atom stereocenters. The lowest BCUT2D eigenvalue weighted by Crippen LogP contribution is -1.82. The van der Waals surface area contributed by atoms with Crippen LogP contribution in [0, 0.1) is 11.6 Å². The zero-order valence-corrected chi connectivity index (χ0v) is 8.87. The van der Waals surface area contributed by atoms with Crippen LogP contribution in [0.15, 0.2) is 48.7 Å². The molecule has 1 aromatic heterocycles. The van der Waals surface area contributed by atoms with Gasteiger partial charge < -0.3 is 4.98 Å². The monoisotopic (exact) mass is 229 g/mol. The van der Waals surface area contributed by atoms with E-state index in [1.807, 2.05) is 18.2 Å². The number of aromatic amines is 1. The highest BCUT2D eigenvalue weighted by molar-refractivity contribution is 5.95. The molecule has 0 radical (unpaired) electrons. The number of fused-ring (bicyclic) bond motifs is 1. The van der Waals surface area contributed by atoms with Crippen molar-refractivity contribution in [3.8, 4) is 11.1 Å². The standard InChI is InChI=1S/C14H9F2N/c15-10-6-4-9(5-7-10)11-2-1-3-13-14(11)12(16)8-17-13/h1-8,17H. The van der Waals surface area contributed by atoms with Crippen molar-refractivity contribution in [2.75, 3.05) is 0 Å². The van der Waals surface area contributed by atoms with Gasteiger partial charge in [-0.25, -0.2) is 8.78 Å². The van der Waals surface area contributed by atoms with Gasteiger partial charge >= 0.3 is 0 Å². The molecule has 84 valence electrons. The summed E-state index contributed by atoms with van der Waals surface area (Å²) in [6.07, 6.45) is 1.33. The van der Waals surface area contributed by atoms with Gasteiger partial charge in [-0.3, -0.25) is 0 Å². The third-order valence-corrected chi connectivity index (χ3v) is 2.81. The number of aromatic nitrogens is 1. The molecule has 0 amide bonds. The summed E-state index contributed by atoms with van der Waals surface area (Å²) in [6, 6.07) is 11.5. The number of rotatable bonds is 1. The molecule has 0 aliphatic heterocycles. The predicted molar refractivity (Wildman–Crippen MR) is 63.7 cm³/mol. The Bertz CT molecular complexity index is 668. The number of halogens is 2. The van der Waals surface area contributed by atoms with E-state index in [9.17, 15) is 8.78 Å². The molecule has 3 aromatic rings. The second-order valence-corrected chi connectivity index (χ2v) is 3.87. The number of benzene rings is 2. The largest absolute Gasteiger partial charge is 0.359 e. The Labute approximate surface area is 96.7 Å². The van der Waals surface area contributed by atoms with Crippen LogP contribution in [-0.2, 0) is 0 Å². The Morgan fingerprint density at radius 3 is 2.41 bits per heavy atom. The summed E-state index contributed by atoms with van der Waals surface area (Å²) in [6.45, 7) is 0. The van der Waals surface area contributed by atoms with Crippen molar-refractivity contribution < 1.29 is 8.78 Å². The number of nitrogens with one attached hydrogen (secondary N) is 1. The second kappa shape index (κ2) is 3.70. The molecule has 2 aromatic carbocycles. The van der Waals surface area contributed by atoms with E-state index in [4.69, 9.17) is 0 Å². The maximum Gasteiger partial charge on any atom is 0.149 e. The van der Waals surface area contributed by atoms with Crippen molar-refractivity contribution in [2.45, 2.75) is 0 Å². The molecule has 1 heterocycles. The summed E-state index contributed by atoms with van der Waals surface area (Å²) >= 11 is 0. The molecule has 3 rings (SSSR count). The molecule has 1 N–H and O–H groups in total. The Hall–Kier alpha value is -2.16. The lowest BCUT2D eigenvalue weighted by molar-refractivity contribution is 0.628. The number of hydrogen-bond acceptors (Lipinski definition) is 0. The SMILES string of the molecule is Fc1ccc(-c2cccc3[nH]cc(F)c23)cc1. The van der Waals surface area contributed by atoms with Gasteiger partial charge in [0.05, 0.1) is 0 Å². The van der Waals surface area contributed by atoms with Gasteiger partial charge in [0.15, 0.2) is 0 Å². The molecule has 0 saturated heterocycles. The van der Waals surface area contributed by atoms with Crippen molar-refractivity contribution in [1.29, 1.82) is 0 Å². The van der Waals surface area contributed by atoms with Crippen molar-refractivity contribution >= 4 is 10.9 Å². The van der Waals surface area contributed by atoms with E-state index in [0.717, 1.165) is 16.6 Å². The van der Waals surface area contributed by atoms with Crippen LogP contribution in [0.1, 0.15) is 0 Å². The summed E-state index contributed by atoms with van der Waals surface area (Å²) in [5, 5.41) is 0.541.